The molecule has 1 fully saturated rings. The summed E-state index contributed by atoms with van der Waals surface area (Å²) in [4.78, 5) is 12.5. The summed E-state index contributed by atoms with van der Waals surface area (Å²) < 4.78 is 0. The molecule has 18 heavy (non-hydrogen) atoms. The summed E-state index contributed by atoms with van der Waals surface area (Å²) in [5.74, 6) is 0.0856. The summed E-state index contributed by atoms with van der Waals surface area (Å²) in [6.07, 6.45) is 6.59. The van der Waals surface area contributed by atoms with E-state index in [2.05, 4.69) is 5.32 Å². The molecule has 0 radical (unpaired) electrons. The largest absolute Gasteiger partial charge is 0.396 e. The normalized spacial score (nSPS) is 22.2. The van der Waals surface area contributed by atoms with Crippen molar-refractivity contribution in [1.82, 2.24) is 5.32 Å². The Balaban J connectivity index is 2.72. The Morgan fingerprint density at radius 2 is 2.00 bits per heavy atom. The highest BCUT2D eigenvalue weighted by Crippen LogP contribution is 2.36. The van der Waals surface area contributed by atoms with Crippen molar-refractivity contribution in [2.75, 3.05) is 13.2 Å². The fraction of sp³-hybridized carbons (Fsp3) is 0.929. The molecule has 1 unspecified atom stereocenters. The van der Waals surface area contributed by atoms with Crippen molar-refractivity contribution in [3.63, 3.8) is 0 Å². The van der Waals surface area contributed by atoms with Gasteiger partial charge in [0.2, 0.25) is 5.91 Å². The van der Waals surface area contributed by atoms with Crippen molar-refractivity contribution < 1.29 is 9.90 Å². The van der Waals surface area contributed by atoms with Gasteiger partial charge in [0.25, 0.3) is 0 Å². The van der Waals surface area contributed by atoms with Crippen molar-refractivity contribution in [1.29, 1.82) is 0 Å². The van der Waals surface area contributed by atoms with Crippen molar-refractivity contribution >= 4 is 5.91 Å². The van der Waals surface area contributed by atoms with Crippen molar-refractivity contribution in [2.45, 2.75) is 64.3 Å². The Labute approximate surface area is 110 Å². The zero-order chi connectivity index (χ0) is 13.6. The van der Waals surface area contributed by atoms with Crippen LogP contribution in [0.15, 0.2) is 0 Å². The second-order valence-corrected chi connectivity index (χ2v) is 5.89. The van der Waals surface area contributed by atoms with E-state index in [0.717, 1.165) is 32.1 Å². The number of carbonyl (C=O) groups is 1. The van der Waals surface area contributed by atoms with E-state index in [0.29, 0.717) is 13.0 Å². The highest BCUT2D eigenvalue weighted by molar-refractivity contribution is 5.83. The minimum Gasteiger partial charge on any atom is -0.396 e. The first-order valence-corrected chi connectivity index (χ1v) is 7.15. The van der Waals surface area contributed by atoms with Gasteiger partial charge in [0, 0.05) is 18.7 Å². The monoisotopic (exact) mass is 256 g/mol. The average Bonchev–Trinajstić information content (AvgIpc) is 2.39. The number of nitrogens with two attached hydrogens (primary N) is 1. The summed E-state index contributed by atoms with van der Waals surface area (Å²) >= 11 is 0. The minimum absolute atomic E-state index is 0.0856. The summed E-state index contributed by atoms with van der Waals surface area (Å²) in [6, 6.07) is 0. The fourth-order valence-electron chi connectivity index (χ4n) is 2.73. The zero-order valence-corrected chi connectivity index (χ0v) is 11.8. The van der Waals surface area contributed by atoms with Crippen molar-refractivity contribution in [3.05, 3.63) is 0 Å². The molecule has 1 saturated carbocycles. The first-order chi connectivity index (χ1) is 8.52. The standard InChI is InChI=1S/C14H28N2O2/c1-3-13(2,9-10-17)16-12(18)14(11-15)7-5-4-6-8-14/h17H,3-11,15H2,1-2H3,(H,16,18). The third-order valence-electron chi connectivity index (χ3n) is 4.54. The number of nitrogens with one attached hydrogen (secondary N) is 1. The van der Waals surface area contributed by atoms with Crippen LogP contribution in [0.3, 0.4) is 0 Å². The first kappa shape index (κ1) is 15.4. The lowest BCUT2D eigenvalue weighted by molar-refractivity contribution is -0.134. The molecule has 1 rings (SSSR count). The van der Waals surface area contributed by atoms with Gasteiger partial charge in [0.05, 0.1) is 5.41 Å². The maximum Gasteiger partial charge on any atom is 0.227 e. The number of rotatable bonds is 6. The molecular weight excluding hydrogens is 228 g/mol. The van der Waals surface area contributed by atoms with Gasteiger partial charge in [-0.05, 0) is 32.6 Å². The minimum atomic E-state index is -0.371. The van der Waals surface area contributed by atoms with Crippen LogP contribution in [0.2, 0.25) is 0 Å². The Bertz CT molecular complexity index is 275. The smallest absolute Gasteiger partial charge is 0.227 e. The third-order valence-corrected chi connectivity index (χ3v) is 4.54. The van der Waals surface area contributed by atoms with Crippen molar-refractivity contribution in [2.24, 2.45) is 11.1 Å². The lowest BCUT2D eigenvalue weighted by Gasteiger charge is -2.39. The predicted molar refractivity (Wildman–Crippen MR) is 73.1 cm³/mol. The molecular formula is C14H28N2O2. The van der Waals surface area contributed by atoms with Gasteiger partial charge in [-0.2, -0.15) is 0 Å². The fourth-order valence-corrected chi connectivity index (χ4v) is 2.73. The molecule has 106 valence electrons. The molecule has 0 bridgehead atoms. The Hall–Kier alpha value is -0.610. The summed E-state index contributed by atoms with van der Waals surface area (Å²) in [6.45, 7) is 4.55. The van der Waals surface area contributed by atoms with Gasteiger partial charge in [-0.3, -0.25) is 4.79 Å². The molecule has 0 aromatic carbocycles. The van der Waals surface area contributed by atoms with Crippen LogP contribution in [0.4, 0.5) is 0 Å². The summed E-state index contributed by atoms with van der Waals surface area (Å²) in [5.41, 5.74) is 5.18. The second-order valence-electron chi connectivity index (χ2n) is 5.89. The molecule has 4 nitrogen and oxygen atoms in total. The highest BCUT2D eigenvalue weighted by Gasteiger charge is 2.40. The molecule has 0 aromatic rings. The molecule has 1 atom stereocenters. The van der Waals surface area contributed by atoms with Crippen LogP contribution in [0.25, 0.3) is 0 Å². The number of hydrogen-bond acceptors (Lipinski definition) is 3. The van der Waals surface area contributed by atoms with Gasteiger partial charge in [-0.1, -0.05) is 26.2 Å². The molecule has 1 aliphatic rings. The van der Waals surface area contributed by atoms with Gasteiger partial charge in [-0.25, -0.2) is 0 Å². The first-order valence-electron chi connectivity index (χ1n) is 7.15. The second kappa shape index (κ2) is 6.53. The van der Waals surface area contributed by atoms with E-state index in [4.69, 9.17) is 10.8 Å². The van der Waals surface area contributed by atoms with Crippen LogP contribution in [0.5, 0.6) is 0 Å². The molecule has 0 spiro atoms. The summed E-state index contributed by atoms with van der Waals surface area (Å²) in [5, 5.41) is 12.2. The molecule has 0 heterocycles. The quantitative estimate of drug-likeness (QED) is 0.675. The number of amides is 1. The number of aliphatic hydroxyl groups excluding tert-OH is 1. The Kier molecular flexibility index (Phi) is 5.60. The molecule has 1 amide bonds. The molecule has 0 aromatic heterocycles. The Morgan fingerprint density at radius 3 is 2.44 bits per heavy atom. The average molecular weight is 256 g/mol. The van der Waals surface area contributed by atoms with Crippen LogP contribution >= 0.6 is 0 Å². The Morgan fingerprint density at radius 1 is 1.39 bits per heavy atom. The lowest BCUT2D eigenvalue weighted by atomic mass is 9.72. The van der Waals surface area contributed by atoms with Crippen LogP contribution in [-0.2, 0) is 4.79 Å². The number of carbonyl (C=O) groups excluding carboxylic acids is 1. The maximum absolute atomic E-state index is 12.5. The molecule has 1 aliphatic carbocycles. The van der Waals surface area contributed by atoms with Gasteiger partial charge < -0.3 is 16.2 Å². The van der Waals surface area contributed by atoms with E-state index in [1.54, 1.807) is 0 Å². The molecule has 4 N–H and O–H groups in total. The number of hydrogen-bond donors (Lipinski definition) is 3. The predicted octanol–water partition coefficient (Wildman–Crippen LogP) is 1.56. The molecule has 4 heteroatoms. The zero-order valence-electron chi connectivity index (χ0n) is 11.8. The van der Waals surface area contributed by atoms with Crippen LogP contribution in [0, 0.1) is 5.41 Å². The van der Waals surface area contributed by atoms with Gasteiger partial charge in [0.15, 0.2) is 0 Å². The van der Waals surface area contributed by atoms with Crippen LogP contribution in [-0.4, -0.2) is 29.7 Å². The van der Waals surface area contributed by atoms with Gasteiger partial charge >= 0.3 is 0 Å². The van der Waals surface area contributed by atoms with E-state index in [9.17, 15) is 4.79 Å². The highest BCUT2D eigenvalue weighted by atomic mass is 16.3. The van der Waals surface area contributed by atoms with E-state index in [-0.39, 0.29) is 23.5 Å². The molecule has 0 saturated heterocycles. The van der Waals surface area contributed by atoms with Gasteiger partial charge in [-0.15, -0.1) is 0 Å². The summed E-state index contributed by atoms with van der Waals surface area (Å²) in [7, 11) is 0. The topological polar surface area (TPSA) is 75.3 Å². The third kappa shape index (κ3) is 3.45. The molecule has 0 aliphatic heterocycles. The van der Waals surface area contributed by atoms with Gasteiger partial charge in [0.1, 0.15) is 0 Å². The lowest BCUT2D eigenvalue weighted by Crippen LogP contribution is -2.55. The van der Waals surface area contributed by atoms with E-state index in [1.807, 2.05) is 13.8 Å². The van der Waals surface area contributed by atoms with E-state index in [1.165, 1.54) is 6.42 Å². The van der Waals surface area contributed by atoms with E-state index < -0.39 is 0 Å². The van der Waals surface area contributed by atoms with Crippen molar-refractivity contribution in [3.8, 4) is 0 Å². The van der Waals surface area contributed by atoms with E-state index >= 15 is 0 Å². The maximum atomic E-state index is 12.5. The SMILES string of the molecule is CCC(C)(CCO)NC(=O)C1(CN)CCCCC1. The van der Waals surface area contributed by atoms with Crippen LogP contribution in [0.1, 0.15) is 58.8 Å². The van der Waals surface area contributed by atoms with Crippen LogP contribution < -0.4 is 11.1 Å². The number of aliphatic hydroxyl groups is 1.